The molecule has 2 N–H and O–H groups in total. The highest BCUT2D eigenvalue weighted by Gasteiger charge is 2.15. The number of rotatable bonds is 4. The first-order valence-corrected chi connectivity index (χ1v) is 6.82. The van der Waals surface area contributed by atoms with Crippen LogP contribution in [-0.2, 0) is 4.74 Å². The second-order valence-corrected chi connectivity index (χ2v) is 5.28. The Morgan fingerprint density at radius 2 is 2.06 bits per heavy atom. The minimum Gasteiger partial charge on any atom is -0.397 e. The van der Waals surface area contributed by atoms with Gasteiger partial charge in [-0.1, -0.05) is 12.1 Å². The molecule has 18 heavy (non-hydrogen) atoms. The molecule has 0 bridgehead atoms. The summed E-state index contributed by atoms with van der Waals surface area (Å²) in [6.45, 7) is 5.05. The Labute approximate surface area is 110 Å². The minimum absolute atomic E-state index is 0.812. The van der Waals surface area contributed by atoms with Crippen LogP contribution >= 0.6 is 0 Å². The largest absolute Gasteiger partial charge is 0.397 e. The third-order valence-corrected chi connectivity index (χ3v) is 3.86. The maximum atomic E-state index is 6.07. The molecule has 1 saturated heterocycles. The van der Waals surface area contributed by atoms with Gasteiger partial charge in [-0.2, -0.15) is 0 Å². The van der Waals surface area contributed by atoms with Crippen LogP contribution in [0.4, 0.5) is 11.4 Å². The number of hydrogen-bond acceptors (Lipinski definition) is 3. The first-order valence-electron chi connectivity index (χ1n) is 6.82. The molecule has 0 unspecified atom stereocenters. The number of anilines is 2. The molecule has 1 aromatic carbocycles. The fourth-order valence-corrected chi connectivity index (χ4v) is 2.73. The van der Waals surface area contributed by atoms with E-state index in [1.807, 2.05) is 12.1 Å². The SMILES string of the molecule is Cc1cccc(N)c1N(C)CCC1CCOCC1. The van der Waals surface area contributed by atoms with Gasteiger partial charge in [-0.15, -0.1) is 0 Å². The highest BCUT2D eigenvalue weighted by atomic mass is 16.5. The molecule has 0 saturated carbocycles. The molecule has 0 aliphatic carbocycles. The number of nitrogen functional groups attached to an aromatic ring is 1. The highest BCUT2D eigenvalue weighted by Crippen LogP contribution is 2.27. The van der Waals surface area contributed by atoms with Gasteiger partial charge in [0.1, 0.15) is 0 Å². The number of hydrogen-bond donors (Lipinski definition) is 1. The molecule has 1 aliphatic rings. The average Bonchev–Trinajstić information content (AvgIpc) is 2.37. The van der Waals surface area contributed by atoms with Crippen LogP contribution in [-0.4, -0.2) is 26.8 Å². The summed E-state index contributed by atoms with van der Waals surface area (Å²) in [5.41, 5.74) is 9.39. The smallest absolute Gasteiger partial charge is 0.0627 e. The van der Waals surface area contributed by atoms with Crippen LogP contribution in [0, 0.1) is 12.8 Å². The van der Waals surface area contributed by atoms with Crippen molar-refractivity contribution in [3.63, 3.8) is 0 Å². The number of nitrogens with zero attached hydrogens (tertiary/aromatic N) is 1. The van der Waals surface area contributed by atoms with Crippen LogP contribution in [0.5, 0.6) is 0 Å². The van der Waals surface area contributed by atoms with E-state index in [1.165, 1.54) is 30.5 Å². The van der Waals surface area contributed by atoms with E-state index in [0.29, 0.717) is 0 Å². The lowest BCUT2D eigenvalue weighted by Crippen LogP contribution is -2.25. The minimum atomic E-state index is 0.812. The quantitative estimate of drug-likeness (QED) is 0.833. The Balaban J connectivity index is 1.92. The molecule has 0 radical (unpaired) electrons. The summed E-state index contributed by atoms with van der Waals surface area (Å²) < 4.78 is 5.40. The van der Waals surface area contributed by atoms with E-state index in [-0.39, 0.29) is 0 Å². The molecule has 2 rings (SSSR count). The van der Waals surface area contributed by atoms with Crippen LogP contribution in [0.3, 0.4) is 0 Å². The maximum absolute atomic E-state index is 6.07. The average molecular weight is 248 g/mol. The van der Waals surface area contributed by atoms with Gasteiger partial charge in [-0.3, -0.25) is 0 Å². The molecule has 0 atom stereocenters. The Morgan fingerprint density at radius 1 is 1.33 bits per heavy atom. The second-order valence-electron chi connectivity index (χ2n) is 5.28. The molecule has 1 aromatic rings. The third kappa shape index (κ3) is 3.16. The van der Waals surface area contributed by atoms with Crippen molar-refractivity contribution in [2.24, 2.45) is 5.92 Å². The van der Waals surface area contributed by atoms with E-state index < -0.39 is 0 Å². The number of nitrogens with two attached hydrogens (primary N) is 1. The fourth-order valence-electron chi connectivity index (χ4n) is 2.73. The first kappa shape index (κ1) is 13.2. The van der Waals surface area contributed by atoms with Crippen molar-refractivity contribution in [3.05, 3.63) is 23.8 Å². The number of benzene rings is 1. The van der Waals surface area contributed by atoms with Gasteiger partial charge in [-0.25, -0.2) is 0 Å². The van der Waals surface area contributed by atoms with Gasteiger partial charge in [0, 0.05) is 26.8 Å². The molecular weight excluding hydrogens is 224 g/mol. The first-order chi connectivity index (χ1) is 8.68. The van der Waals surface area contributed by atoms with Crippen molar-refractivity contribution < 1.29 is 4.74 Å². The molecule has 1 heterocycles. The highest BCUT2D eigenvalue weighted by molar-refractivity contribution is 5.70. The van der Waals surface area contributed by atoms with E-state index in [1.54, 1.807) is 0 Å². The van der Waals surface area contributed by atoms with E-state index >= 15 is 0 Å². The molecule has 3 nitrogen and oxygen atoms in total. The van der Waals surface area contributed by atoms with Crippen LogP contribution < -0.4 is 10.6 Å². The van der Waals surface area contributed by atoms with Gasteiger partial charge >= 0.3 is 0 Å². The van der Waals surface area contributed by atoms with Crippen LogP contribution in [0.25, 0.3) is 0 Å². The van der Waals surface area contributed by atoms with Gasteiger partial charge in [0.15, 0.2) is 0 Å². The van der Waals surface area contributed by atoms with Gasteiger partial charge in [0.2, 0.25) is 0 Å². The standard InChI is InChI=1S/C15H24N2O/c1-12-4-3-5-14(16)15(12)17(2)9-6-13-7-10-18-11-8-13/h3-5,13H,6-11,16H2,1-2H3. The summed E-state index contributed by atoms with van der Waals surface area (Å²) in [6, 6.07) is 6.12. The van der Waals surface area contributed by atoms with Gasteiger partial charge in [-0.05, 0) is 43.7 Å². The zero-order chi connectivity index (χ0) is 13.0. The van der Waals surface area contributed by atoms with Crippen LogP contribution in [0.15, 0.2) is 18.2 Å². The van der Waals surface area contributed by atoms with Crippen LogP contribution in [0.2, 0.25) is 0 Å². The summed E-state index contributed by atoms with van der Waals surface area (Å²) >= 11 is 0. The molecule has 0 aromatic heterocycles. The Bertz CT molecular complexity index is 366. The summed E-state index contributed by atoms with van der Waals surface area (Å²) in [7, 11) is 2.14. The predicted molar refractivity (Wildman–Crippen MR) is 77.0 cm³/mol. The van der Waals surface area contributed by atoms with E-state index in [4.69, 9.17) is 10.5 Å². The molecule has 0 spiro atoms. The summed E-state index contributed by atoms with van der Waals surface area (Å²) in [4.78, 5) is 2.29. The molecule has 1 fully saturated rings. The molecule has 0 amide bonds. The van der Waals surface area contributed by atoms with E-state index in [2.05, 4.69) is 24.9 Å². The number of ether oxygens (including phenoxy) is 1. The molecule has 3 heteroatoms. The molecule has 1 aliphatic heterocycles. The van der Waals surface area contributed by atoms with Crippen molar-refractivity contribution >= 4 is 11.4 Å². The lowest BCUT2D eigenvalue weighted by atomic mass is 9.96. The number of aryl methyl sites for hydroxylation is 1. The molecule has 100 valence electrons. The monoisotopic (exact) mass is 248 g/mol. The number of para-hydroxylation sites is 1. The summed E-state index contributed by atoms with van der Waals surface area (Å²) in [5, 5.41) is 0. The van der Waals surface area contributed by atoms with Crippen molar-refractivity contribution in [1.82, 2.24) is 0 Å². The topological polar surface area (TPSA) is 38.5 Å². The summed E-state index contributed by atoms with van der Waals surface area (Å²) in [6.07, 6.45) is 3.64. The lowest BCUT2D eigenvalue weighted by molar-refractivity contribution is 0.0645. The van der Waals surface area contributed by atoms with Crippen molar-refractivity contribution in [2.75, 3.05) is 37.4 Å². The summed E-state index contributed by atoms with van der Waals surface area (Å²) in [5.74, 6) is 0.812. The molecular formula is C15H24N2O. The predicted octanol–water partition coefficient (Wildman–Crippen LogP) is 2.83. The maximum Gasteiger partial charge on any atom is 0.0627 e. The Hall–Kier alpha value is -1.22. The Kier molecular flexibility index (Phi) is 4.48. The van der Waals surface area contributed by atoms with Gasteiger partial charge in [0.05, 0.1) is 11.4 Å². The van der Waals surface area contributed by atoms with Gasteiger partial charge in [0.25, 0.3) is 0 Å². The van der Waals surface area contributed by atoms with Crippen molar-refractivity contribution in [2.45, 2.75) is 26.2 Å². The fraction of sp³-hybridized carbons (Fsp3) is 0.600. The van der Waals surface area contributed by atoms with Crippen molar-refractivity contribution in [1.29, 1.82) is 0 Å². The van der Waals surface area contributed by atoms with E-state index in [0.717, 1.165) is 31.4 Å². The van der Waals surface area contributed by atoms with Crippen molar-refractivity contribution in [3.8, 4) is 0 Å². The lowest BCUT2D eigenvalue weighted by Gasteiger charge is -2.27. The second kappa shape index (κ2) is 6.10. The van der Waals surface area contributed by atoms with E-state index in [9.17, 15) is 0 Å². The third-order valence-electron chi connectivity index (χ3n) is 3.86. The normalized spacial score (nSPS) is 16.8. The zero-order valence-corrected chi connectivity index (χ0v) is 11.5. The van der Waals surface area contributed by atoms with Gasteiger partial charge < -0.3 is 15.4 Å². The zero-order valence-electron chi connectivity index (χ0n) is 11.5. The Morgan fingerprint density at radius 3 is 2.72 bits per heavy atom. The van der Waals surface area contributed by atoms with Crippen LogP contribution in [0.1, 0.15) is 24.8 Å².